The lowest BCUT2D eigenvalue weighted by Crippen LogP contribution is -2.21. The van der Waals surface area contributed by atoms with E-state index in [1.807, 2.05) is 0 Å². The molecular formula is C23H26. The van der Waals surface area contributed by atoms with E-state index < -0.39 is 0 Å². The minimum Gasteiger partial charge on any atom is -0.0799 e. The minimum absolute atomic E-state index is 0.243. The molecule has 118 valence electrons. The standard InChI is InChI=1S/C23H26/c1-5-20-14-15-23(3,4)22-13-12-19(16-21(20)22)11-10-18-8-6-17(2)7-9-18/h6-14,16H,5,15H2,1-4H3/b11-10+. The first-order chi connectivity index (χ1) is 11.0. The van der Waals surface area contributed by atoms with Crippen molar-refractivity contribution in [1.82, 2.24) is 0 Å². The first kappa shape index (κ1) is 15.8. The Morgan fingerprint density at radius 2 is 1.61 bits per heavy atom. The van der Waals surface area contributed by atoms with Gasteiger partial charge in [-0.05, 0) is 59.1 Å². The Bertz CT molecular complexity index is 755. The zero-order valence-corrected chi connectivity index (χ0v) is 14.7. The maximum absolute atomic E-state index is 2.43. The average molecular weight is 302 g/mol. The molecule has 23 heavy (non-hydrogen) atoms. The minimum atomic E-state index is 0.243. The van der Waals surface area contributed by atoms with Crippen LogP contribution in [0.3, 0.4) is 0 Å². The van der Waals surface area contributed by atoms with Crippen molar-refractivity contribution in [1.29, 1.82) is 0 Å². The van der Waals surface area contributed by atoms with Crippen LogP contribution >= 0.6 is 0 Å². The van der Waals surface area contributed by atoms with Crippen LogP contribution in [-0.2, 0) is 5.41 Å². The van der Waals surface area contributed by atoms with Gasteiger partial charge in [0.2, 0.25) is 0 Å². The third kappa shape index (κ3) is 3.32. The van der Waals surface area contributed by atoms with Gasteiger partial charge < -0.3 is 0 Å². The highest BCUT2D eigenvalue weighted by atomic mass is 14.3. The van der Waals surface area contributed by atoms with E-state index in [1.165, 1.54) is 33.4 Å². The lowest BCUT2D eigenvalue weighted by molar-refractivity contribution is 0.526. The summed E-state index contributed by atoms with van der Waals surface area (Å²) in [5.41, 5.74) is 8.49. The molecule has 2 aromatic carbocycles. The quantitative estimate of drug-likeness (QED) is 0.557. The third-order valence-corrected chi connectivity index (χ3v) is 4.90. The molecule has 0 aliphatic heterocycles. The molecule has 0 heteroatoms. The van der Waals surface area contributed by atoms with Gasteiger partial charge in [0.25, 0.3) is 0 Å². The summed E-state index contributed by atoms with van der Waals surface area (Å²) in [5, 5.41) is 0. The Balaban J connectivity index is 1.94. The molecule has 1 aliphatic rings. The van der Waals surface area contributed by atoms with Crippen LogP contribution in [0.15, 0.2) is 48.5 Å². The van der Waals surface area contributed by atoms with E-state index in [0.29, 0.717) is 0 Å². The molecule has 1 aliphatic carbocycles. The van der Waals surface area contributed by atoms with Crippen molar-refractivity contribution in [3.05, 3.63) is 76.4 Å². The van der Waals surface area contributed by atoms with Crippen molar-refractivity contribution < 1.29 is 0 Å². The van der Waals surface area contributed by atoms with E-state index in [4.69, 9.17) is 0 Å². The van der Waals surface area contributed by atoms with Crippen molar-refractivity contribution in [3.8, 4) is 0 Å². The Morgan fingerprint density at radius 3 is 2.30 bits per heavy atom. The molecule has 0 bridgehead atoms. The Morgan fingerprint density at radius 1 is 0.957 bits per heavy atom. The normalized spacial score (nSPS) is 16.3. The zero-order valence-electron chi connectivity index (χ0n) is 14.7. The van der Waals surface area contributed by atoms with E-state index in [1.54, 1.807) is 0 Å². The van der Waals surface area contributed by atoms with Crippen LogP contribution in [0, 0.1) is 6.92 Å². The number of benzene rings is 2. The summed E-state index contributed by atoms with van der Waals surface area (Å²) in [7, 11) is 0. The molecule has 0 unspecified atom stereocenters. The SMILES string of the molecule is CCC1=CCC(C)(C)c2ccc(/C=C/c3ccc(C)cc3)cc21. The van der Waals surface area contributed by atoms with Crippen molar-refractivity contribution >= 4 is 17.7 Å². The number of allylic oxidation sites excluding steroid dienone is 2. The smallest absolute Gasteiger partial charge is 0.00629 e. The van der Waals surface area contributed by atoms with Gasteiger partial charge in [-0.15, -0.1) is 0 Å². The predicted octanol–water partition coefficient (Wildman–Crippen LogP) is 6.64. The molecule has 0 saturated heterocycles. The third-order valence-electron chi connectivity index (χ3n) is 4.90. The Hall–Kier alpha value is -2.08. The molecule has 0 nitrogen and oxygen atoms in total. The van der Waals surface area contributed by atoms with E-state index >= 15 is 0 Å². The molecular weight excluding hydrogens is 276 g/mol. The lowest BCUT2D eigenvalue weighted by atomic mass is 9.72. The van der Waals surface area contributed by atoms with Crippen LogP contribution in [0.4, 0.5) is 0 Å². The summed E-state index contributed by atoms with van der Waals surface area (Å²) in [6.07, 6.45) is 9.09. The molecule has 0 fully saturated rings. The highest BCUT2D eigenvalue weighted by Crippen LogP contribution is 2.40. The lowest BCUT2D eigenvalue weighted by Gasteiger charge is -2.32. The van der Waals surface area contributed by atoms with Crippen LogP contribution in [0.5, 0.6) is 0 Å². The number of hydrogen-bond donors (Lipinski definition) is 0. The van der Waals surface area contributed by atoms with Crippen LogP contribution in [0.2, 0.25) is 0 Å². The van der Waals surface area contributed by atoms with Crippen LogP contribution in [-0.4, -0.2) is 0 Å². The molecule has 0 spiro atoms. The van der Waals surface area contributed by atoms with Crippen LogP contribution in [0.1, 0.15) is 61.4 Å². The van der Waals surface area contributed by atoms with E-state index in [0.717, 1.165) is 12.8 Å². The van der Waals surface area contributed by atoms with E-state index in [-0.39, 0.29) is 5.41 Å². The van der Waals surface area contributed by atoms with Crippen molar-refractivity contribution in [2.75, 3.05) is 0 Å². The molecule has 0 radical (unpaired) electrons. The van der Waals surface area contributed by atoms with Crippen molar-refractivity contribution in [2.24, 2.45) is 0 Å². The summed E-state index contributed by atoms with van der Waals surface area (Å²) in [4.78, 5) is 0. The molecule has 0 atom stereocenters. The summed E-state index contributed by atoms with van der Waals surface area (Å²) in [5.74, 6) is 0. The Kier molecular flexibility index (Phi) is 4.26. The molecule has 2 aromatic rings. The van der Waals surface area contributed by atoms with Gasteiger partial charge >= 0.3 is 0 Å². The number of hydrogen-bond acceptors (Lipinski definition) is 0. The maximum Gasteiger partial charge on any atom is -0.00629 e. The maximum atomic E-state index is 2.43. The van der Waals surface area contributed by atoms with Crippen LogP contribution < -0.4 is 0 Å². The largest absolute Gasteiger partial charge is 0.0799 e. The average Bonchev–Trinajstić information content (AvgIpc) is 2.54. The highest BCUT2D eigenvalue weighted by molar-refractivity contribution is 5.76. The molecule has 0 aromatic heterocycles. The zero-order chi connectivity index (χ0) is 16.4. The fraction of sp³-hybridized carbons (Fsp3) is 0.304. The van der Waals surface area contributed by atoms with E-state index in [9.17, 15) is 0 Å². The molecule has 0 N–H and O–H groups in total. The second-order valence-corrected chi connectivity index (χ2v) is 7.22. The summed E-state index contributed by atoms with van der Waals surface area (Å²) >= 11 is 0. The van der Waals surface area contributed by atoms with Gasteiger partial charge in [-0.25, -0.2) is 0 Å². The molecule has 0 amide bonds. The predicted molar refractivity (Wildman–Crippen MR) is 102 cm³/mol. The molecule has 0 heterocycles. The van der Waals surface area contributed by atoms with Crippen molar-refractivity contribution in [2.45, 2.75) is 46.0 Å². The van der Waals surface area contributed by atoms with Gasteiger partial charge in [-0.1, -0.05) is 81.0 Å². The molecule has 0 saturated carbocycles. The highest BCUT2D eigenvalue weighted by Gasteiger charge is 2.27. The topological polar surface area (TPSA) is 0 Å². The first-order valence-corrected chi connectivity index (χ1v) is 8.58. The number of aryl methyl sites for hydroxylation is 1. The van der Waals surface area contributed by atoms with Crippen LogP contribution in [0.25, 0.3) is 17.7 Å². The van der Waals surface area contributed by atoms with Gasteiger partial charge in [0.05, 0.1) is 0 Å². The van der Waals surface area contributed by atoms with Gasteiger partial charge in [-0.2, -0.15) is 0 Å². The van der Waals surface area contributed by atoms with Crippen molar-refractivity contribution in [3.63, 3.8) is 0 Å². The number of fused-ring (bicyclic) bond motifs is 1. The monoisotopic (exact) mass is 302 g/mol. The van der Waals surface area contributed by atoms with E-state index in [2.05, 4.69) is 88.4 Å². The van der Waals surface area contributed by atoms with Gasteiger partial charge in [-0.3, -0.25) is 0 Å². The summed E-state index contributed by atoms with van der Waals surface area (Å²) < 4.78 is 0. The number of rotatable bonds is 3. The van der Waals surface area contributed by atoms with Gasteiger partial charge in [0.1, 0.15) is 0 Å². The van der Waals surface area contributed by atoms with Gasteiger partial charge in [0.15, 0.2) is 0 Å². The van der Waals surface area contributed by atoms with Gasteiger partial charge in [0, 0.05) is 0 Å². The summed E-state index contributed by atoms with van der Waals surface area (Å²) in [6, 6.07) is 15.6. The Labute approximate surface area is 140 Å². The first-order valence-electron chi connectivity index (χ1n) is 8.58. The fourth-order valence-corrected chi connectivity index (χ4v) is 3.32. The molecule has 3 rings (SSSR count). The second kappa shape index (κ2) is 6.20. The summed E-state index contributed by atoms with van der Waals surface area (Å²) in [6.45, 7) is 9.06. The second-order valence-electron chi connectivity index (χ2n) is 7.22. The fourth-order valence-electron chi connectivity index (χ4n) is 3.32.